The fourth-order valence-corrected chi connectivity index (χ4v) is 3.65. The van der Waals surface area contributed by atoms with Gasteiger partial charge in [-0.3, -0.25) is 0 Å². The first-order valence-corrected chi connectivity index (χ1v) is 7.82. The summed E-state index contributed by atoms with van der Waals surface area (Å²) in [7, 11) is 1.68. The first-order valence-electron chi connectivity index (χ1n) is 6.59. The van der Waals surface area contributed by atoms with E-state index in [1.807, 2.05) is 6.07 Å². The van der Waals surface area contributed by atoms with Crippen molar-refractivity contribution in [2.75, 3.05) is 7.11 Å². The van der Waals surface area contributed by atoms with E-state index >= 15 is 0 Å². The second-order valence-electron chi connectivity index (χ2n) is 5.32. The van der Waals surface area contributed by atoms with Crippen molar-refractivity contribution in [3.63, 3.8) is 0 Å². The highest BCUT2D eigenvalue weighted by molar-refractivity contribution is 9.10. The van der Waals surface area contributed by atoms with Crippen molar-refractivity contribution in [1.82, 2.24) is 0 Å². The van der Waals surface area contributed by atoms with Gasteiger partial charge in [0.05, 0.1) is 17.0 Å². The number of benzene rings is 1. The van der Waals surface area contributed by atoms with E-state index in [0.717, 1.165) is 16.1 Å². The zero-order chi connectivity index (χ0) is 13.1. The predicted octanol–water partition coefficient (Wildman–Crippen LogP) is 5.56. The van der Waals surface area contributed by atoms with Gasteiger partial charge < -0.3 is 4.74 Å². The Bertz CT molecular complexity index is 399. The van der Waals surface area contributed by atoms with Gasteiger partial charge in [0, 0.05) is 0 Å². The molecule has 1 aromatic carbocycles. The first-order chi connectivity index (χ1) is 8.61. The second kappa shape index (κ2) is 6.29. The summed E-state index contributed by atoms with van der Waals surface area (Å²) in [5.41, 5.74) is 1.20. The topological polar surface area (TPSA) is 9.23 Å². The zero-order valence-corrected chi connectivity index (χ0v) is 13.3. The van der Waals surface area contributed by atoms with E-state index in [2.05, 4.69) is 35.0 Å². The second-order valence-corrected chi connectivity index (χ2v) is 6.64. The fraction of sp³-hybridized carbons (Fsp3) is 0.600. The normalized spacial score (nSPS) is 25.8. The van der Waals surface area contributed by atoms with Crippen LogP contribution in [0.25, 0.3) is 0 Å². The SMILES string of the molecule is COc1ccc(C(Cl)C2CCC(C)CC2)cc1Br. The van der Waals surface area contributed by atoms with Crippen molar-refractivity contribution in [1.29, 1.82) is 0 Å². The Morgan fingerprint density at radius 3 is 2.50 bits per heavy atom. The van der Waals surface area contributed by atoms with Crippen LogP contribution in [0.2, 0.25) is 0 Å². The molecule has 0 aliphatic heterocycles. The van der Waals surface area contributed by atoms with E-state index < -0.39 is 0 Å². The monoisotopic (exact) mass is 330 g/mol. The molecule has 1 aliphatic rings. The summed E-state index contributed by atoms with van der Waals surface area (Å²) in [6.07, 6.45) is 5.12. The number of methoxy groups -OCH3 is 1. The lowest BCUT2D eigenvalue weighted by Gasteiger charge is -2.29. The summed E-state index contributed by atoms with van der Waals surface area (Å²) in [6.45, 7) is 2.34. The van der Waals surface area contributed by atoms with Crippen LogP contribution < -0.4 is 4.74 Å². The first kappa shape index (κ1) is 14.2. The van der Waals surface area contributed by atoms with E-state index in [9.17, 15) is 0 Å². The lowest BCUT2D eigenvalue weighted by molar-refractivity contribution is 0.283. The summed E-state index contributed by atoms with van der Waals surface area (Å²) in [6, 6.07) is 6.16. The zero-order valence-electron chi connectivity index (χ0n) is 11.0. The Morgan fingerprint density at radius 1 is 1.28 bits per heavy atom. The number of hydrogen-bond acceptors (Lipinski definition) is 1. The predicted molar refractivity (Wildman–Crippen MR) is 80.4 cm³/mol. The van der Waals surface area contributed by atoms with Crippen LogP contribution in [0.4, 0.5) is 0 Å². The molecule has 0 amide bonds. The van der Waals surface area contributed by atoms with Crippen LogP contribution in [0.3, 0.4) is 0 Å². The van der Waals surface area contributed by atoms with Crippen LogP contribution in [0, 0.1) is 11.8 Å². The molecule has 0 N–H and O–H groups in total. The van der Waals surface area contributed by atoms with Crippen molar-refractivity contribution in [2.24, 2.45) is 11.8 Å². The molecule has 1 aliphatic carbocycles. The molecule has 18 heavy (non-hydrogen) atoms. The molecule has 3 heteroatoms. The van der Waals surface area contributed by atoms with E-state index in [0.29, 0.717) is 5.92 Å². The molecule has 0 spiro atoms. The van der Waals surface area contributed by atoms with Crippen molar-refractivity contribution < 1.29 is 4.74 Å². The summed E-state index contributed by atoms with van der Waals surface area (Å²) >= 11 is 10.2. The summed E-state index contributed by atoms with van der Waals surface area (Å²) in [4.78, 5) is 0. The molecule has 100 valence electrons. The highest BCUT2D eigenvalue weighted by atomic mass is 79.9. The number of hydrogen-bond donors (Lipinski definition) is 0. The molecule has 1 fully saturated rings. The average molecular weight is 332 g/mol. The highest BCUT2D eigenvalue weighted by Crippen LogP contribution is 2.41. The minimum Gasteiger partial charge on any atom is -0.496 e. The molecule has 1 saturated carbocycles. The van der Waals surface area contributed by atoms with E-state index in [-0.39, 0.29) is 5.38 Å². The Labute approximate surface area is 123 Å². The summed E-state index contributed by atoms with van der Waals surface area (Å²) in [5.74, 6) is 2.34. The third kappa shape index (κ3) is 3.21. The van der Waals surface area contributed by atoms with Crippen LogP contribution in [-0.4, -0.2) is 7.11 Å². The van der Waals surface area contributed by atoms with Crippen molar-refractivity contribution in [3.05, 3.63) is 28.2 Å². The van der Waals surface area contributed by atoms with Crippen LogP contribution in [0.15, 0.2) is 22.7 Å². The van der Waals surface area contributed by atoms with Gasteiger partial charge in [-0.15, -0.1) is 11.6 Å². The van der Waals surface area contributed by atoms with Crippen LogP contribution in [-0.2, 0) is 0 Å². The van der Waals surface area contributed by atoms with Crippen LogP contribution in [0.1, 0.15) is 43.5 Å². The summed E-state index contributed by atoms with van der Waals surface area (Å²) < 4.78 is 6.23. The van der Waals surface area contributed by atoms with Gasteiger partial charge in [-0.1, -0.05) is 25.8 Å². The maximum Gasteiger partial charge on any atom is 0.133 e. The number of alkyl halides is 1. The molecule has 0 bridgehead atoms. The molecule has 0 radical (unpaired) electrons. The van der Waals surface area contributed by atoms with E-state index in [4.69, 9.17) is 16.3 Å². The standard InChI is InChI=1S/C15H20BrClO/c1-10-3-5-11(6-4-10)15(17)12-7-8-14(18-2)13(16)9-12/h7-11,15H,3-6H2,1-2H3. The number of halogens is 2. The lowest BCUT2D eigenvalue weighted by atomic mass is 9.80. The highest BCUT2D eigenvalue weighted by Gasteiger charge is 2.26. The van der Waals surface area contributed by atoms with Gasteiger partial charge in [0.25, 0.3) is 0 Å². The lowest BCUT2D eigenvalue weighted by Crippen LogP contribution is -2.16. The molecule has 1 aromatic rings. The maximum atomic E-state index is 6.64. The average Bonchev–Trinajstić information content (AvgIpc) is 2.38. The Kier molecular flexibility index (Phi) is 4.97. The molecule has 0 aromatic heterocycles. The van der Waals surface area contributed by atoms with Crippen molar-refractivity contribution in [3.8, 4) is 5.75 Å². The Hall–Kier alpha value is -0.210. The molecular formula is C15H20BrClO. The van der Waals surface area contributed by atoms with E-state index in [1.165, 1.54) is 31.2 Å². The molecular weight excluding hydrogens is 312 g/mol. The third-order valence-electron chi connectivity index (χ3n) is 3.97. The van der Waals surface area contributed by atoms with Gasteiger partial charge in [0.1, 0.15) is 5.75 Å². The van der Waals surface area contributed by atoms with Gasteiger partial charge in [0.15, 0.2) is 0 Å². The minimum absolute atomic E-state index is 0.125. The van der Waals surface area contributed by atoms with Gasteiger partial charge in [-0.05, 0) is 58.3 Å². The molecule has 0 saturated heterocycles. The van der Waals surface area contributed by atoms with Crippen molar-refractivity contribution >= 4 is 27.5 Å². The quantitative estimate of drug-likeness (QED) is 0.658. The van der Waals surface area contributed by atoms with Gasteiger partial charge in [-0.25, -0.2) is 0 Å². The minimum atomic E-state index is 0.125. The Morgan fingerprint density at radius 2 is 1.94 bits per heavy atom. The summed E-state index contributed by atoms with van der Waals surface area (Å²) in [5, 5.41) is 0.125. The molecule has 1 nitrogen and oxygen atoms in total. The number of rotatable bonds is 3. The Balaban J connectivity index is 2.08. The number of ether oxygens (including phenoxy) is 1. The molecule has 1 atom stereocenters. The van der Waals surface area contributed by atoms with Gasteiger partial charge >= 0.3 is 0 Å². The van der Waals surface area contributed by atoms with Crippen LogP contribution in [0.5, 0.6) is 5.75 Å². The van der Waals surface area contributed by atoms with E-state index in [1.54, 1.807) is 7.11 Å². The molecule has 0 heterocycles. The maximum absolute atomic E-state index is 6.64. The van der Waals surface area contributed by atoms with Gasteiger partial charge in [0.2, 0.25) is 0 Å². The van der Waals surface area contributed by atoms with Crippen molar-refractivity contribution in [2.45, 2.75) is 38.0 Å². The van der Waals surface area contributed by atoms with Crippen LogP contribution >= 0.6 is 27.5 Å². The fourth-order valence-electron chi connectivity index (χ4n) is 2.70. The third-order valence-corrected chi connectivity index (χ3v) is 5.20. The molecule has 2 rings (SSSR count). The molecule has 1 unspecified atom stereocenters. The smallest absolute Gasteiger partial charge is 0.133 e. The largest absolute Gasteiger partial charge is 0.496 e. The van der Waals surface area contributed by atoms with Gasteiger partial charge in [-0.2, -0.15) is 0 Å².